The first kappa shape index (κ1) is 31.3. The Labute approximate surface area is 259 Å². The molecule has 0 saturated carbocycles. The summed E-state index contributed by atoms with van der Waals surface area (Å²) in [6.07, 6.45) is 1.16. The number of nitrogens with one attached hydrogen (secondary N) is 3. The van der Waals surface area contributed by atoms with Gasteiger partial charge in [0.05, 0.1) is 21.4 Å². The molecule has 0 unspecified atom stereocenters. The standard InChI is InChI=1S/C31H22Cl2FN3O5S/c32-24-7-4-8-26(34)22(24)16-27(37-29(39)18-5-2-1-3-6-18)30(40)36-19-9-12-21(13-10-19)43-17-28(38)35-20-11-14-25(33)23(15-20)31(41)42/h1-16H,17H2,(H,35,38)(H,36,40)(H,37,39)(H,41,42)/b27-16-. The number of carboxylic acids is 1. The van der Waals surface area contributed by atoms with Gasteiger partial charge in [-0.15, -0.1) is 11.8 Å². The lowest BCUT2D eigenvalue weighted by Gasteiger charge is -2.12. The minimum atomic E-state index is -1.21. The third kappa shape index (κ3) is 8.68. The van der Waals surface area contributed by atoms with Gasteiger partial charge in [-0.05, 0) is 72.8 Å². The van der Waals surface area contributed by atoms with E-state index in [-0.39, 0.29) is 38.5 Å². The second kappa shape index (κ2) is 14.5. The Morgan fingerprint density at radius 3 is 2.19 bits per heavy atom. The number of benzene rings is 4. The molecule has 0 aliphatic heterocycles. The van der Waals surface area contributed by atoms with E-state index in [0.717, 1.165) is 6.08 Å². The van der Waals surface area contributed by atoms with Crippen molar-refractivity contribution < 1.29 is 28.7 Å². The van der Waals surface area contributed by atoms with Crippen molar-refractivity contribution in [1.82, 2.24) is 5.32 Å². The van der Waals surface area contributed by atoms with Gasteiger partial charge in [0, 0.05) is 27.4 Å². The zero-order valence-electron chi connectivity index (χ0n) is 22.1. The molecular weight excluding hydrogens is 616 g/mol. The number of carbonyl (C=O) groups is 4. The molecule has 0 aliphatic carbocycles. The van der Waals surface area contributed by atoms with Crippen molar-refractivity contribution in [3.8, 4) is 0 Å². The summed E-state index contributed by atoms with van der Waals surface area (Å²) in [5.74, 6) is -3.50. The molecule has 3 amide bonds. The molecule has 4 aromatic rings. The average Bonchev–Trinajstić information content (AvgIpc) is 2.99. The molecule has 4 rings (SSSR count). The Hall–Kier alpha value is -4.64. The minimum Gasteiger partial charge on any atom is -0.478 e. The highest BCUT2D eigenvalue weighted by Crippen LogP contribution is 2.25. The van der Waals surface area contributed by atoms with Crippen LogP contribution in [0.2, 0.25) is 10.0 Å². The zero-order valence-corrected chi connectivity index (χ0v) is 24.4. The second-order valence-corrected chi connectivity index (χ2v) is 10.7. The van der Waals surface area contributed by atoms with Crippen LogP contribution in [-0.4, -0.2) is 34.6 Å². The predicted molar refractivity (Wildman–Crippen MR) is 166 cm³/mol. The molecule has 0 saturated heterocycles. The van der Waals surface area contributed by atoms with Crippen LogP contribution in [0.1, 0.15) is 26.3 Å². The van der Waals surface area contributed by atoms with Crippen LogP contribution in [0, 0.1) is 5.82 Å². The number of hydrogen-bond acceptors (Lipinski definition) is 5. The van der Waals surface area contributed by atoms with Crippen LogP contribution in [-0.2, 0) is 9.59 Å². The number of halogens is 3. The Morgan fingerprint density at radius 2 is 1.51 bits per heavy atom. The Kier molecular flexibility index (Phi) is 10.6. The fourth-order valence-electron chi connectivity index (χ4n) is 3.68. The summed E-state index contributed by atoms with van der Waals surface area (Å²) in [5.41, 5.74) is 0.546. The summed E-state index contributed by atoms with van der Waals surface area (Å²) < 4.78 is 14.5. The van der Waals surface area contributed by atoms with Crippen molar-refractivity contribution in [2.75, 3.05) is 16.4 Å². The van der Waals surface area contributed by atoms with Crippen molar-refractivity contribution >= 4 is 76.1 Å². The molecule has 0 spiro atoms. The van der Waals surface area contributed by atoms with Crippen molar-refractivity contribution in [2.24, 2.45) is 0 Å². The molecule has 0 heterocycles. The SMILES string of the molecule is O=C(CSc1ccc(NC(=O)/C(=C/c2c(F)cccc2Cl)NC(=O)c2ccccc2)cc1)Nc1ccc(Cl)c(C(=O)O)c1. The van der Waals surface area contributed by atoms with Gasteiger partial charge in [0.15, 0.2) is 0 Å². The summed E-state index contributed by atoms with van der Waals surface area (Å²) in [4.78, 5) is 50.3. The first-order chi connectivity index (χ1) is 20.6. The fourth-order valence-corrected chi connectivity index (χ4v) is 4.80. The highest BCUT2D eigenvalue weighted by molar-refractivity contribution is 8.00. The summed E-state index contributed by atoms with van der Waals surface area (Å²) in [7, 11) is 0. The van der Waals surface area contributed by atoms with Crippen molar-refractivity contribution in [2.45, 2.75) is 4.90 Å². The maximum Gasteiger partial charge on any atom is 0.337 e. The van der Waals surface area contributed by atoms with Crippen LogP contribution in [0.25, 0.3) is 6.08 Å². The molecule has 0 fully saturated rings. The number of hydrogen-bond donors (Lipinski definition) is 4. The Morgan fingerprint density at radius 1 is 0.814 bits per heavy atom. The molecule has 0 radical (unpaired) electrons. The number of aromatic carboxylic acids is 1. The van der Waals surface area contributed by atoms with Gasteiger partial charge in [-0.25, -0.2) is 9.18 Å². The number of thioether (sulfide) groups is 1. The lowest BCUT2D eigenvalue weighted by atomic mass is 10.1. The van der Waals surface area contributed by atoms with Gasteiger partial charge in [-0.3, -0.25) is 14.4 Å². The number of amides is 3. The molecule has 43 heavy (non-hydrogen) atoms. The Bertz CT molecular complexity index is 1700. The monoisotopic (exact) mass is 637 g/mol. The van der Waals surface area contributed by atoms with Gasteiger partial charge in [0.25, 0.3) is 11.8 Å². The van der Waals surface area contributed by atoms with Crippen molar-refractivity contribution in [1.29, 1.82) is 0 Å². The summed E-state index contributed by atoms with van der Waals surface area (Å²) >= 11 is 13.2. The topological polar surface area (TPSA) is 125 Å². The molecular formula is C31H22Cl2FN3O5S. The van der Waals surface area contributed by atoms with Crippen LogP contribution in [0.4, 0.5) is 15.8 Å². The van der Waals surface area contributed by atoms with Crippen LogP contribution in [0.5, 0.6) is 0 Å². The first-order valence-corrected chi connectivity index (χ1v) is 14.2. The second-order valence-electron chi connectivity index (χ2n) is 8.83. The van der Waals surface area contributed by atoms with E-state index in [1.807, 2.05) is 0 Å². The van der Waals surface area contributed by atoms with E-state index >= 15 is 0 Å². The van der Waals surface area contributed by atoms with Gasteiger partial charge in [-0.1, -0.05) is 47.5 Å². The molecule has 4 N–H and O–H groups in total. The van der Waals surface area contributed by atoms with E-state index in [2.05, 4.69) is 16.0 Å². The zero-order chi connectivity index (χ0) is 30.9. The van der Waals surface area contributed by atoms with Crippen molar-refractivity contribution in [3.05, 3.63) is 129 Å². The fraction of sp³-hybridized carbons (Fsp3) is 0.0323. The molecule has 218 valence electrons. The third-order valence-corrected chi connectivity index (χ3v) is 7.45. The molecule has 0 aromatic heterocycles. The van der Waals surface area contributed by atoms with Gasteiger partial charge in [0.2, 0.25) is 5.91 Å². The van der Waals surface area contributed by atoms with E-state index in [9.17, 15) is 28.7 Å². The number of carboxylic acid groups (broad SMARTS) is 1. The first-order valence-electron chi connectivity index (χ1n) is 12.5. The lowest BCUT2D eigenvalue weighted by molar-refractivity contribution is -0.114. The average molecular weight is 639 g/mol. The Balaban J connectivity index is 1.42. The summed E-state index contributed by atoms with van der Waals surface area (Å²) in [6.45, 7) is 0. The normalized spacial score (nSPS) is 11.0. The van der Waals surface area contributed by atoms with Crippen molar-refractivity contribution in [3.63, 3.8) is 0 Å². The lowest BCUT2D eigenvalue weighted by Crippen LogP contribution is -2.30. The van der Waals surface area contributed by atoms with E-state index in [1.165, 1.54) is 48.2 Å². The molecule has 8 nitrogen and oxygen atoms in total. The molecule has 0 bridgehead atoms. The maximum absolute atomic E-state index is 14.5. The number of carbonyl (C=O) groups excluding carboxylic acids is 3. The summed E-state index contributed by atoms with van der Waals surface area (Å²) in [5, 5.41) is 17.1. The van der Waals surface area contributed by atoms with E-state index in [4.69, 9.17) is 23.2 Å². The molecule has 12 heteroatoms. The largest absolute Gasteiger partial charge is 0.478 e. The minimum absolute atomic E-state index is 0.0263. The van der Waals surface area contributed by atoms with Crippen LogP contribution < -0.4 is 16.0 Å². The molecule has 0 aliphatic rings. The van der Waals surface area contributed by atoms with E-state index in [0.29, 0.717) is 21.8 Å². The molecule has 0 atom stereocenters. The number of rotatable bonds is 10. The van der Waals surface area contributed by atoms with Crippen LogP contribution in [0.3, 0.4) is 0 Å². The van der Waals surface area contributed by atoms with Gasteiger partial charge < -0.3 is 21.1 Å². The van der Waals surface area contributed by atoms with E-state index in [1.54, 1.807) is 54.6 Å². The quantitative estimate of drug-likeness (QED) is 0.110. The number of anilines is 2. The highest BCUT2D eigenvalue weighted by atomic mass is 35.5. The smallest absolute Gasteiger partial charge is 0.337 e. The van der Waals surface area contributed by atoms with Gasteiger partial charge >= 0.3 is 5.97 Å². The maximum atomic E-state index is 14.5. The summed E-state index contributed by atoms with van der Waals surface area (Å²) in [6, 6.07) is 23.0. The third-order valence-electron chi connectivity index (χ3n) is 5.78. The van der Waals surface area contributed by atoms with Gasteiger partial charge in [0.1, 0.15) is 11.5 Å². The van der Waals surface area contributed by atoms with E-state index < -0.39 is 23.6 Å². The highest BCUT2D eigenvalue weighted by Gasteiger charge is 2.17. The molecule has 4 aromatic carbocycles. The van der Waals surface area contributed by atoms with Crippen LogP contribution >= 0.6 is 35.0 Å². The van der Waals surface area contributed by atoms with Gasteiger partial charge in [-0.2, -0.15) is 0 Å². The van der Waals surface area contributed by atoms with Crippen LogP contribution in [0.15, 0.2) is 102 Å². The predicted octanol–water partition coefficient (Wildman–Crippen LogP) is 6.97.